The number of hydrogen-bond acceptors (Lipinski definition) is 3. The number of fused-ring (bicyclic) bond motifs is 1. The van der Waals surface area contributed by atoms with E-state index in [4.69, 9.17) is 10.00 Å². The molecule has 1 aromatic carbocycles. The third kappa shape index (κ3) is 1.50. The molecule has 1 aliphatic heterocycles. The van der Waals surface area contributed by atoms with Gasteiger partial charge in [-0.1, -0.05) is 6.07 Å². The third-order valence-corrected chi connectivity index (χ3v) is 2.71. The Bertz CT molecular complexity index is 627. The maximum Gasteiger partial charge on any atom is 0.150 e. The number of ether oxygens (including phenoxy) is 1. The standard InChI is InChI=1S/C12H8FN3O/c13-8-2-1-3-9(4-8)16-12(5-14)10-6-17-7-11(10)15-16/h1-4H,6-7H2. The van der Waals surface area contributed by atoms with Gasteiger partial charge in [-0.25, -0.2) is 9.07 Å². The zero-order valence-corrected chi connectivity index (χ0v) is 8.85. The quantitative estimate of drug-likeness (QED) is 0.750. The highest BCUT2D eigenvalue weighted by molar-refractivity contribution is 5.44. The van der Waals surface area contributed by atoms with Gasteiger partial charge in [0.15, 0.2) is 0 Å². The predicted molar refractivity (Wildman–Crippen MR) is 56.7 cm³/mol. The first kappa shape index (κ1) is 10.00. The van der Waals surface area contributed by atoms with Crippen LogP contribution in [0.3, 0.4) is 0 Å². The molecule has 17 heavy (non-hydrogen) atoms. The average Bonchev–Trinajstić information content (AvgIpc) is 2.88. The lowest BCUT2D eigenvalue weighted by molar-refractivity contribution is 0.131. The highest BCUT2D eigenvalue weighted by atomic mass is 19.1. The maximum atomic E-state index is 13.1. The van der Waals surface area contributed by atoms with Gasteiger partial charge in [-0.15, -0.1) is 0 Å². The van der Waals surface area contributed by atoms with E-state index in [1.165, 1.54) is 16.8 Å². The fourth-order valence-corrected chi connectivity index (χ4v) is 1.92. The fraction of sp³-hybridized carbons (Fsp3) is 0.167. The van der Waals surface area contributed by atoms with E-state index in [1.807, 2.05) is 0 Å². The molecular weight excluding hydrogens is 221 g/mol. The summed E-state index contributed by atoms with van der Waals surface area (Å²) in [6, 6.07) is 8.11. The Balaban J connectivity index is 2.19. The largest absolute Gasteiger partial charge is 0.370 e. The summed E-state index contributed by atoms with van der Waals surface area (Å²) in [5.74, 6) is -0.349. The van der Waals surface area contributed by atoms with Crippen molar-refractivity contribution in [1.82, 2.24) is 9.78 Å². The molecule has 1 aromatic heterocycles. The lowest BCUT2D eigenvalue weighted by Gasteiger charge is -2.03. The van der Waals surface area contributed by atoms with E-state index in [9.17, 15) is 4.39 Å². The van der Waals surface area contributed by atoms with Crippen molar-refractivity contribution in [2.24, 2.45) is 0 Å². The van der Waals surface area contributed by atoms with Crippen LogP contribution < -0.4 is 0 Å². The first-order valence-electron chi connectivity index (χ1n) is 5.14. The second-order valence-electron chi connectivity index (χ2n) is 3.77. The summed E-state index contributed by atoms with van der Waals surface area (Å²) in [6.07, 6.45) is 0. The molecule has 0 amide bonds. The Morgan fingerprint density at radius 3 is 3.06 bits per heavy atom. The van der Waals surface area contributed by atoms with Gasteiger partial charge >= 0.3 is 0 Å². The third-order valence-electron chi connectivity index (χ3n) is 2.71. The van der Waals surface area contributed by atoms with Crippen molar-refractivity contribution in [3.63, 3.8) is 0 Å². The van der Waals surface area contributed by atoms with Crippen molar-refractivity contribution in [1.29, 1.82) is 5.26 Å². The Morgan fingerprint density at radius 1 is 1.41 bits per heavy atom. The van der Waals surface area contributed by atoms with Crippen LogP contribution in [-0.4, -0.2) is 9.78 Å². The molecule has 0 radical (unpaired) electrons. The molecule has 0 spiro atoms. The molecule has 4 nitrogen and oxygen atoms in total. The number of benzene rings is 1. The Kier molecular flexibility index (Phi) is 2.16. The van der Waals surface area contributed by atoms with E-state index in [0.29, 0.717) is 24.6 Å². The van der Waals surface area contributed by atoms with E-state index in [2.05, 4.69) is 11.2 Å². The second-order valence-corrected chi connectivity index (χ2v) is 3.77. The molecule has 2 aromatic rings. The van der Waals surface area contributed by atoms with Crippen molar-refractivity contribution in [3.05, 3.63) is 47.0 Å². The van der Waals surface area contributed by atoms with E-state index >= 15 is 0 Å². The minimum atomic E-state index is -0.349. The van der Waals surface area contributed by atoms with Crippen molar-refractivity contribution < 1.29 is 9.13 Å². The van der Waals surface area contributed by atoms with Gasteiger partial charge in [0.1, 0.15) is 17.6 Å². The van der Waals surface area contributed by atoms with Gasteiger partial charge in [-0.05, 0) is 18.2 Å². The summed E-state index contributed by atoms with van der Waals surface area (Å²) in [5.41, 5.74) is 2.53. The zero-order valence-electron chi connectivity index (χ0n) is 8.85. The molecule has 1 aliphatic rings. The molecule has 0 aliphatic carbocycles. The molecule has 0 fully saturated rings. The van der Waals surface area contributed by atoms with Gasteiger partial charge in [0.05, 0.1) is 24.6 Å². The lowest BCUT2D eigenvalue weighted by Crippen LogP contribution is -2.02. The van der Waals surface area contributed by atoms with Gasteiger partial charge < -0.3 is 4.74 Å². The molecule has 5 heteroatoms. The van der Waals surface area contributed by atoms with Gasteiger partial charge in [0.2, 0.25) is 0 Å². The first-order valence-corrected chi connectivity index (χ1v) is 5.14. The smallest absolute Gasteiger partial charge is 0.150 e. The fourth-order valence-electron chi connectivity index (χ4n) is 1.92. The van der Waals surface area contributed by atoms with Crippen LogP contribution in [0.1, 0.15) is 17.0 Å². The molecule has 3 rings (SSSR count). The molecule has 0 bridgehead atoms. The van der Waals surface area contributed by atoms with Crippen LogP contribution in [0.15, 0.2) is 24.3 Å². The minimum Gasteiger partial charge on any atom is -0.370 e. The van der Waals surface area contributed by atoms with Crippen LogP contribution in [-0.2, 0) is 18.0 Å². The molecule has 84 valence electrons. The number of hydrogen-bond donors (Lipinski definition) is 0. The predicted octanol–water partition coefficient (Wildman–Crippen LogP) is 1.91. The topological polar surface area (TPSA) is 50.8 Å². The van der Waals surface area contributed by atoms with Crippen LogP contribution in [0.2, 0.25) is 0 Å². The summed E-state index contributed by atoms with van der Waals surface area (Å²) < 4.78 is 19.8. The van der Waals surface area contributed by atoms with E-state index < -0.39 is 0 Å². The summed E-state index contributed by atoms with van der Waals surface area (Å²) >= 11 is 0. The maximum absolute atomic E-state index is 13.1. The van der Waals surface area contributed by atoms with Gasteiger partial charge in [0.25, 0.3) is 0 Å². The monoisotopic (exact) mass is 229 g/mol. The molecule has 0 saturated heterocycles. The molecule has 0 saturated carbocycles. The molecule has 0 atom stereocenters. The summed E-state index contributed by atoms with van der Waals surface area (Å²) in [6.45, 7) is 0.805. The van der Waals surface area contributed by atoms with Gasteiger partial charge in [0, 0.05) is 5.56 Å². The normalized spacial score (nSPS) is 13.4. The van der Waals surface area contributed by atoms with Crippen LogP contribution in [0.5, 0.6) is 0 Å². The molecular formula is C12H8FN3O. The van der Waals surface area contributed by atoms with Crippen LogP contribution in [0, 0.1) is 17.1 Å². The van der Waals surface area contributed by atoms with E-state index in [1.54, 1.807) is 12.1 Å². The summed E-state index contributed by atoms with van der Waals surface area (Å²) in [7, 11) is 0. The second kappa shape index (κ2) is 3.68. The first-order chi connectivity index (χ1) is 8.29. The Hall–Kier alpha value is -2.19. The molecule has 0 unspecified atom stereocenters. The van der Waals surface area contributed by atoms with Crippen molar-refractivity contribution in [2.45, 2.75) is 13.2 Å². The number of rotatable bonds is 1. The lowest BCUT2D eigenvalue weighted by atomic mass is 10.2. The highest BCUT2D eigenvalue weighted by Gasteiger charge is 2.23. The molecule has 2 heterocycles. The SMILES string of the molecule is N#Cc1c2c(nn1-c1cccc(F)c1)COC2. The van der Waals surface area contributed by atoms with Crippen molar-refractivity contribution in [2.75, 3.05) is 0 Å². The van der Waals surface area contributed by atoms with E-state index in [-0.39, 0.29) is 5.82 Å². The van der Waals surface area contributed by atoms with Crippen LogP contribution in [0.4, 0.5) is 4.39 Å². The van der Waals surface area contributed by atoms with Gasteiger partial charge in [-0.2, -0.15) is 10.4 Å². The summed E-state index contributed by atoms with van der Waals surface area (Å²) in [5, 5.41) is 13.4. The Morgan fingerprint density at radius 2 is 2.29 bits per heavy atom. The molecule has 0 N–H and O–H groups in total. The van der Waals surface area contributed by atoms with Crippen molar-refractivity contribution in [3.8, 4) is 11.8 Å². The zero-order chi connectivity index (χ0) is 11.8. The van der Waals surface area contributed by atoms with Gasteiger partial charge in [-0.3, -0.25) is 0 Å². The summed E-state index contributed by atoms with van der Waals surface area (Å²) in [4.78, 5) is 0. The number of aromatic nitrogens is 2. The van der Waals surface area contributed by atoms with E-state index in [0.717, 1.165) is 11.3 Å². The van der Waals surface area contributed by atoms with Crippen LogP contribution >= 0.6 is 0 Å². The van der Waals surface area contributed by atoms with Crippen molar-refractivity contribution >= 4 is 0 Å². The number of nitrogens with zero attached hydrogens (tertiary/aromatic N) is 3. The number of halogens is 1. The number of nitriles is 1. The Labute approximate surface area is 96.9 Å². The highest BCUT2D eigenvalue weighted by Crippen LogP contribution is 2.24. The minimum absolute atomic E-state index is 0.349. The van der Waals surface area contributed by atoms with Crippen LogP contribution in [0.25, 0.3) is 5.69 Å². The average molecular weight is 229 g/mol.